The fraction of sp³-hybridized carbons (Fsp3) is 0.222. The number of hydrogen-bond acceptors (Lipinski definition) is 6. The highest BCUT2D eigenvalue weighted by Gasteiger charge is 2.25. The first-order chi connectivity index (χ1) is 12.6. The van der Waals surface area contributed by atoms with Crippen molar-refractivity contribution in [2.75, 3.05) is 17.7 Å². The van der Waals surface area contributed by atoms with Crippen LogP contribution in [0.15, 0.2) is 48.5 Å². The SMILES string of the molecule is CN(N)/C=C(\N)Nc1nc2[nH]ccc2c(N[C@H]2CCc3ccccc32)[nH+]1. The van der Waals surface area contributed by atoms with Gasteiger partial charge in [0.15, 0.2) is 5.82 Å². The zero-order chi connectivity index (χ0) is 18.1. The number of aromatic nitrogens is 3. The molecule has 0 spiro atoms. The number of nitrogens with zero attached hydrogens (tertiary/aromatic N) is 2. The Morgan fingerprint density at radius 3 is 3.08 bits per heavy atom. The van der Waals surface area contributed by atoms with Crippen LogP contribution in [0.2, 0.25) is 0 Å². The minimum atomic E-state index is 0.263. The number of benzene rings is 1. The molecule has 1 aromatic carbocycles. The smallest absolute Gasteiger partial charge is 0.352 e. The van der Waals surface area contributed by atoms with Gasteiger partial charge in [0, 0.05) is 13.2 Å². The van der Waals surface area contributed by atoms with E-state index in [2.05, 4.69) is 49.9 Å². The van der Waals surface area contributed by atoms with Gasteiger partial charge in [-0.15, -0.1) is 0 Å². The number of anilines is 2. The van der Waals surface area contributed by atoms with Crippen LogP contribution in [0.4, 0.5) is 11.8 Å². The standard InChI is InChI=1S/C18H22N8/c1-26(20)10-15(19)23-18-24-16-13(8-9-21-16)17(25-18)22-14-7-6-11-4-2-3-5-12(11)14/h2-5,8-10,14H,6-7,19-20H2,1H3,(H3,21,22,23,24,25)/p+1/b15-10+/t14-/m0/s1. The third-order valence-corrected chi connectivity index (χ3v) is 4.52. The third kappa shape index (κ3) is 3.14. The van der Waals surface area contributed by atoms with Gasteiger partial charge in [-0.2, -0.15) is 0 Å². The second-order valence-corrected chi connectivity index (χ2v) is 6.51. The van der Waals surface area contributed by atoms with Crippen molar-refractivity contribution in [1.29, 1.82) is 0 Å². The Hall–Kier alpha value is -3.26. The summed E-state index contributed by atoms with van der Waals surface area (Å²) < 4.78 is 0. The molecule has 0 aliphatic heterocycles. The van der Waals surface area contributed by atoms with Crippen LogP contribution in [0.1, 0.15) is 23.6 Å². The van der Waals surface area contributed by atoms with Gasteiger partial charge >= 0.3 is 5.95 Å². The summed E-state index contributed by atoms with van der Waals surface area (Å²) >= 11 is 0. The summed E-state index contributed by atoms with van der Waals surface area (Å²) in [7, 11) is 1.70. The fourth-order valence-electron chi connectivity index (χ4n) is 3.42. The molecule has 2 heterocycles. The first-order valence-electron chi connectivity index (χ1n) is 8.57. The highest BCUT2D eigenvalue weighted by atomic mass is 15.4. The van der Waals surface area contributed by atoms with Crippen LogP contribution in [0, 0.1) is 0 Å². The number of hydrazine groups is 1. The Bertz CT molecular complexity index is 959. The molecule has 4 rings (SSSR count). The van der Waals surface area contributed by atoms with Gasteiger partial charge in [-0.05, 0) is 30.0 Å². The van der Waals surface area contributed by atoms with Gasteiger partial charge in [0.2, 0.25) is 11.5 Å². The summed E-state index contributed by atoms with van der Waals surface area (Å²) in [5.74, 6) is 7.41. The molecule has 8 nitrogen and oxygen atoms in total. The lowest BCUT2D eigenvalue weighted by molar-refractivity contribution is -0.346. The van der Waals surface area contributed by atoms with Crippen molar-refractivity contribution >= 4 is 22.8 Å². The molecule has 8 N–H and O–H groups in total. The lowest BCUT2D eigenvalue weighted by atomic mass is 10.1. The highest BCUT2D eigenvalue weighted by Crippen LogP contribution is 2.34. The average Bonchev–Trinajstić information content (AvgIpc) is 3.21. The topological polar surface area (TPSA) is 122 Å². The van der Waals surface area contributed by atoms with Crippen molar-refractivity contribution in [3.05, 3.63) is 59.7 Å². The van der Waals surface area contributed by atoms with E-state index in [9.17, 15) is 0 Å². The molecule has 1 aliphatic rings. The zero-order valence-corrected chi connectivity index (χ0v) is 14.6. The number of rotatable bonds is 5. The second-order valence-electron chi connectivity index (χ2n) is 6.51. The van der Waals surface area contributed by atoms with E-state index in [4.69, 9.17) is 11.6 Å². The average molecular weight is 351 g/mol. The maximum Gasteiger partial charge on any atom is 0.352 e. The summed E-state index contributed by atoms with van der Waals surface area (Å²) in [6, 6.07) is 10.8. The van der Waals surface area contributed by atoms with Crippen LogP contribution in [0.3, 0.4) is 0 Å². The van der Waals surface area contributed by atoms with Gasteiger partial charge in [-0.3, -0.25) is 0 Å². The van der Waals surface area contributed by atoms with Crippen molar-refractivity contribution < 1.29 is 4.98 Å². The molecule has 0 amide bonds. The van der Waals surface area contributed by atoms with Crippen LogP contribution < -0.4 is 27.2 Å². The van der Waals surface area contributed by atoms with Crippen molar-refractivity contribution in [3.8, 4) is 0 Å². The fourth-order valence-corrected chi connectivity index (χ4v) is 3.42. The summed E-state index contributed by atoms with van der Waals surface area (Å²) in [6.45, 7) is 0. The Morgan fingerprint density at radius 1 is 1.38 bits per heavy atom. The van der Waals surface area contributed by atoms with Crippen molar-refractivity contribution in [1.82, 2.24) is 15.0 Å². The molecule has 134 valence electrons. The molecule has 1 aliphatic carbocycles. The molecule has 2 aromatic heterocycles. The molecule has 0 saturated carbocycles. The Morgan fingerprint density at radius 2 is 2.23 bits per heavy atom. The summed E-state index contributed by atoms with van der Waals surface area (Å²) in [6.07, 6.45) is 5.59. The predicted molar refractivity (Wildman–Crippen MR) is 102 cm³/mol. The van der Waals surface area contributed by atoms with Gasteiger partial charge in [0.05, 0.1) is 17.6 Å². The molecule has 1 atom stereocenters. The quantitative estimate of drug-likeness (QED) is 0.350. The second kappa shape index (κ2) is 6.57. The molecule has 26 heavy (non-hydrogen) atoms. The summed E-state index contributed by atoms with van der Waals surface area (Å²) in [5.41, 5.74) is 9.46. The van der Waals surface area contributed by atoms with E-state index in [1.807, 2.05) is 12.3 Å². The van der Waals surface area contributed by atoms with E-state index in [1.165, 1.54) is 16.1 Å². The molecular weight excluding hydrogens is 328 g/mol. The molecule has 0 saturated heterocycles. The van der Waals surface area contributed by atoms with Gasteiger partial charge < -0.3 is 21.0 Å². The number of aryl methyl sites for hydroxylation is 1. The van der Waals surface area contributed by atoms with Crippen molar-refractivity contribution in [2.24, 2.45) is 11.6 Å². The number of nitrogens with two attached hydrogens (primary N) is 2. The number of aromatic amines is 2. The van der Waals surface area contributed by atoms with E-state index in [1.54, 1.807) is 13.2 Å². The van der Waals surface area contributed by atoms with Crippen LogP contribution in [-0.4, -0.2) is 22.0 Å². The predicted octanol–water partition coefficient (Wildman–Crippen LogP) is 1.45. The van der Waals surface area contributed by atoms with Crippen molar-refractivity contribution in [2.45, 2.75) is 18.9 Å². The molecule has 0 radical (unpaired) electrons. The molecule has 0 unspecified atom stereocenters. The maximum atomic E-state index is 5.94. The van der Waals surface area contributed by atoms with E-state index in [-0.39, 0.29) is 6.04 Å². The van der Waals surface area contributed by atoms with Gasteiger partial charge in [0.1, 0.15) is 0 Å². The largest absolute Gasteiger partial charge is 0.375 e. The Labute approximate surface area is 151 Å². The third-order valence-electron chi connectivity index (χ3n) is 4.52. The number of hydrogen-bond donors (Lipinski definition) is 5. The first kappa shape index (κ1) is 16.2. The number of nitrogens with one attached hydrogen (secondary N) is 4. The van der Waals surface area contributed by atoms with Gasteiger partial charge in [-0.1, -0.05) is 29.2 Å². The lowest BCUT2D eigenvalue weighted by Gasteiger charge is -2.13. The van der Waals surface area contributed by atoms with Gasteiger partial charge in [-0.25, -0.2) is 16.1 Å². The van der Waals surface area contributed by atoms with E-state index in [0.717, 1.165) is 29.7 Å². The molecule has 3 aromatic rings. The van der Waals surface area contributed by atoms with Gasteiger partial charge in [0.25, 0.3) is 0 Å². The summed E-state index contributed by atoms with van der Waals surface area (Å²) in [5, 5.41) is 9.04. The lowest BCUT2D eigenvalue weighted by Crippen LogP contribution is -2.27. The monoisotopic (exact) mass is 351 g/mol. The molecule has 0 fully saturated rings. The minimum absolute atomic E-state index is 0.263. The van der Waals surface area contributed by atoms with Crippen LogP contribution >= 0.6 is 0 Å². The maximum absolute atomic E-state index is 5.94. The van der Waals surface area contributed by atoms with E-state index >= 15 is 0 Å². The minimum Gasteiger partial charge on any atom is -0.375 e. The zero-order valence-electron chi connectivity index (χ0n) is 14.6. The van der Waals surface area contributed by atoms with Crippen molar-refractivity contribution in [3.63, 3.8) is 0 Å². The molecule has 8 heteroatoms. The van der Waals surface area contributed by atoms with E-state index < -0.39 is 0 Å². The van der Waals surface area contributed by atoms with Crippen LogP contribution in [-0.2, 0) is 6.42 Å². The molecule has 0 bridgehead atoms. The Kier molecular flexibility index (Phi) is 4.10. The van der Waals surface area contributed by atoms with Crippen LogP contribution in [0.5, 0.6) is 0 Å². The van der Waals surface area contributed by atoms with Crippen LogP contribution in [0.25, 0.3) is 11.0 Å². The number of H-pyrrole nitrogens is 2. The first-order valence-corrected chi connectivity index (χ1v) is 8.57. The normalized spacial score (nSPS) is 16.5. The number of fused-ring (bicyclic) bond motifs is 2. The highest BCUT2D eigenvalue weighted by molar-refractivity contribution is 5.86. The summed E-state index contributed by atoms with van der Waals surface area (Å²) in [4.78, 5) is 11.0. The molecular formula is C18H23N8+. The van der Waals surface area contributed by atoms with E-state index in [0.29, 0.717) is 11.8 Å². The Balaban J connectivity index is 1.65.